The zero-order chi connectivity index (χ0) is 14.9. The summed E-state index contributed by atoms with van der Waals surface area (Å²) < 4.78 is 0. The van der Waals surface area contributed by atoms with E-state index in [9.17, 15) is 9.90 Å². The van der Waals surface area contributed by atoms with E-state index >= 15 is 0 Å². The molecule has 1 heterocycles. The van der Waals surface area contributed by atoms with Gasteiger partial charge in [0.1, 0.15) is 0 Å². The number of carbonyl (C=O) groups is 1. The summed E-state index contributed by atoms with van der Waals surface area (Å²) in [7, 11) is 0. The number of amides is 1. The normalized spacial score (nSPS) is 25.3. The molecule has 0 radical (unpaired) electrons. The standard InChI is InChI=1S/C17H22N2O2/c1-17(11-20)8-4-7-15(17)19-16(21)9-12-10-18-14-6-3-2-5-13(12)14/h2-3,5-6,10,15,18,20H,4,7-9,11H2,1H3,(H,19,21). The minimum absolute atomic E-state index is 0.0336. The molecule has 21 heavy (non-hydrogen) atoms. The van der Waals surface area contributed by atoms with Crippen LogP contribution in [0.25, 0.3) is 10.9 Å². The molecule has 4 nitrogen and oxygen atoms in total. The SMILES string of the molecule is CC1(CO)CCCC1NC(=O)Cc1c[nH]c2ccccc12. The van der Waals surface area contributed by atoms with Gasteiger partial charge in [-0.2, -0.15) is 0 Å². The summed E-state index contributed by atoms with van der Waals surface area (Å²) in [4.78, 5) is 15.5. The number of hydrogen-bond acceptors (Lipinski definition) is 2. The van der Waals surface area contributed by atoms with Crippen LogP contribution in [-0.2, 0) is 11.2 Å². The highest BCUT2D eigenvalue weighted by Gasteiger charge is 2.38. The summed E-state index contributed by atoms with van der Waals surface area (Å²) in [6.07, 6.45) is 5.28. The van der Waals surface area contributed by atoms with Crippen LogP contribution in [0.2, 0.25) is 0 Å². The van der Waals surface area contributed by atoms with Crippen LogP contribution in [0.3, 0.4) is 0 Å². The van der Waals surface area contributed by atoms with Gasteiger partial charge in [-0.05, 0) is 24.5 Å². The fourth-order valence-electron chi connectivity index (χ4n) is 3.36. The number of nitrogens with one attached hydrogen (secondary N) is 2. The molecule has 0 saturated heterocycles. The van der Waals surface area contributed by atoms with Gasteiger partial charge in [0.05, 0.1) is 13.0 Å². The fraction of sp³-hybridized carbons (Fsp3) is 0.471. The van der Waals surface area contributed by atoms with E-state index in [0.717, 1.165) is 35.7 Å². The molecule has 1 amide bonds. The second-order valence-electron chi connectivity index (χ2n) is 6.36. The number of benzene rings is 1. The lowest BCUT2D eigenvalue weighted by atomic mass is 9.85. The maximum Gasteiger partial charge on any atom is 0.224 e. The number of aromatic nitrogens is 1. The molecule has 3 N–H and O–H groups in total. The molecule has 1 saturated carbocycles. The van der Waals surface area contributed by atoms with Gasteiger partial charge >= 0.3 is 0 Å². The maximum absolute atomic E-state index is 12.3. The van der Waals surface area contributed by atoms with E-state index in [-0.39, 0.29) is 24.0 Å². The monoisotopic (exact) mass is 286 g/mol. The molecule has 0 bridgehead atoms. The Morgan fingerprint density at radius 1 is 1.48 bits per heavy atom. The highest BCUT2D eigenvalue weighted by atomic mass is 16.3. The van der Waals surface area contributed by atoms with Crippen molar-refractivity contribution in [1.29, 1.82) is 0 Å². The zero-order valence-corrected chi connectivity index (χ0v) is 12.4. The second-order valence-corrected chi connectivity index (χ2v) is 6.36. The number of fused-ring (bicyclic) bond motifs is 1. The van der Waals surface area contributed by atoms with Crippen LogP contribution in [-0.4, -0.2) is 28.6 Å². The molecule has 1 aliphatic carbocycles. The Balaban J connectivity index is 1.69. The molecule has 1 aliphatic rings. The van der Waals surface area contributed by atoms with Gasteiger partial charge in [0, 0.05) is 28.6 Å². The summed E-state index contributed by atoms with van der Waals surface area (Å²) in [5, 5.41) is 13.8. The van der Waals surface area contributed by atoms with Crippen LogP contribution in [0.15, 0.2) is 30.5 Å². The number of rotatable bonds is 4. The number of aromatic amines is 1. The first kappa shape index (κ1) is 14.1. The largest absolute Gasteiger partial charge is 0.396 e. The van der Waals surface area contributed by atoms with Gasteiger partial charge in [-0.1, -0.05) is 31.5 Å². The molecule has 1 aromatic heterocycles. The Labute approximate surface area is 124 Å². The summed E-state index contributed by atoms with van der Waals surface area (Å²) in [5.41, 5.74) is 1.91. The minimum atomic E-state index is -0.171. The Morgan fingerprint density at radius 3 is 3.10 bits per heavy atom. The van der Waals surface area contributed by atoms with E-state index < -0.39 is 0 Å². The van der Waals surface area contributed by atoms with Gasteiger partial charge < -0.3 is 15.4 Å². The first-order valence-corrected chi connectivity index (χ1v) is 7.57. The van der Waals surface area contributed by atoms with Crippen LogP contribution < -0.4 is 5.32 Å². The second kappa shape index (κ2) is 5.53. The molecule has 2 unspecified atom stereocenters. The van der Waals surface area contributed by atoms with E-state index in [4.69, 9.17) is 0 Å². The van der Waals surface area contributed by atoms with Crippen molar-refractivity contribution in [2.75, 3.05) is 6.61 Å². The highest BCUT2D eigenvalue weighted by molar-refractivity contribution is 5.88. The van der Waals surface area contributed by atoms with Crippen molar-refractivity contribution < 1.29 is 9.90 Å². The third-order valence-electron chi connectivity index (χ3n) is 4.80. The van der Waals surface area contributed by atoms with Crippen LogP contribution in [0, 0.1) is 5.41 Å². The molecule has 2 atom stereocenters. The lowest BCUT2D eigenvalue weighted by molar-refractivity contribution is -0.122. The number of aliphatic hydroxyl groups excluding tert-OH is 1. The van der Waals surface area contributed by atoms with Gasteiger partial charge in [0.15, 0.2) is 0 Å². The minimum Gasteiger partial charge on any atom is -0.396 e. The summed E-state index contributed by atoms with van der Waals surface area (Å²) in [6, 6.07) is 8.09. The van der Waals surface area contributed by atoms with Crippen molar-refractivity contribution in [3.8, 4) is 0 Å². The Bertz CT molecular complexity index is 649. The van der Waals surface area contributed by atoms with E-state index in [1.54, 1.807) is 0 Å². The van der Waals surface area contributed by atoms with Crippen molar-refractivity contribution >= 4 is 16.8 Å². The molecule has 2 aromatic rings. The number of H-pyrrole nitrogens is 1. The maximum atomic E-state index is 12.3. The average molecular weight is 286 g/mol. The summed E-state index contributed by atoms with van der Waals surface area (Å²) in [6.45, 7) is 2.18. The molecule has 1 aromatic carbocycles. The molecule has 0 spiro atoms. The van der Waals surface area contributed by atoms with Crippen LogP contribution in [0.5, 0.6) is 0 Å². The van der Waals surface area contributed by atoms with Gasteiger partial charge in [-0.25, -0.2) is 0 Å². The van der Waals surface area contributed by atoms with Crippen LogP contribution in [0.1, 0.15) is 31.7 Å². The molecule has 112 valence electrons. The Morgan fingerprint density at radius 2 is 2.29 bits per heavy atom. The van der Waals surface area contributed by atoms with E-state index in [2.05, 4.69) is 17.2 Å². The lowest BCUT2D eigenvalue weighted by Crippen LogP contribution is -2.45. The predicted molar refractivity (Wildman–Crippen MR) is 83.0 cm³/mol. The molecule has 3 rings (SSSR count). The third-order valence-corrected chi connectivity index (χ3v) is 4.80. The fourth-order valence-corrected chi connectivity index (χ4v) is 3.36. The Hall–Kier alpha value is -1.81. The molecule has 1 fully saturated rings. The highest BCUT2D eigenvalue weighted by Crippen LogP contribution is 2.37. The van der Waals surface area contributed by atoms with Gasteiger partial charge in [0.2, 0.25) is 5.91 Å². The zero-order valence-electron chi connectivity index (χ0n) is 12.4. The van der Waals surface area contributed by atoms with Crippen molar-refractivity contribution in [2.24, 2.45) is 5.41 Å². The smallest absolute Gasteiger partial charge is 0.224 e. The predicted octanol–water partition coefficient (Wildman–Crippen LogP) is 2.38. The molecular formula is C17H22N2O2. The van der Waals surface area contributed by atoms with E-state index in [0.29, 0.717) is 6.42 Å². The molecule has 4 heteroatoms. The average Bonchev–Trinajstić information content (AvgIpc) is 3.05. The van der Waals surface area contributed by atoms with Crippen LogP contribution in [0.4, 0.5) is 0 Å². The first-order valence-electron chi connectivity index (χ1n) is 7.57. The number of para-hydroxylation sites is 1. The van der Waals surface area contributed by atoms with Crippen molar-refractivity contribution in [1.82, 2.24) is 10.3 Å². The number of aliphatic hydroxyl groups is 1. The number of carbonyl (C=O) groups excluding carboxylic acids is 1. The van der Waals surface area contributed by atoms with E-state index in [1.807, 2.05) is 30.5 Å². The van der Waals surface area contributed by atoms with Gasteiger partial charge in [-0.3, -0.25) is 4.79 Å². The summed E-state index contributed by atoms with van der Waals surface area (Å²) >= 11 is 0. The number of hydrogen-bond donors (Lipinski definition) is 3. The van der Waals surface area contributed by atoms with Crippen molar-refractivity contribution in [2.45, 2.75) is 38.6 Å². The quantitative estimate of drug-likeness (QED) is 0.808. The summed E-state index contributed by atoms with van der Waals surface area (Å²) in [5.74, 6) is 0.0336. The third kappa shape index (κ3) is 2.68. The topological polar surface area (TPSA) is 65.1 Å². The van der Waals surface area contributed by atoms with Crippen molar-refractivity contribution in [3.05, 3.63) is 36.0 Å². The van der Waals surface area contributed by atoms with E-state index in [1.165, 1.54) is 0 Å². The molecule has 0 aliphatic heterocycles. The molecular weight excluding hydrogens is 264 g/mol. The first-order chi connectivity index (χ1) is 10.1. The lowest BCUT2D eigenvalue weighted by Gasteiger charge is -2.30. The Kier molecular flexibility index (Phi) is 3.72. The van der Waals surface area contributed by atoms with Crippen LogP contribution >= 0.6 is 0 Å². The van der Waals surface area contributed by atoms with Crippen molar-refractivity contribution in [3.63, 3.8) is 0 Å². The van der Waals surface area contributed by atoms with Gasteiger partial charge in [0.25, 0.3) is 0 Å². The van der Waals surface area contributed by atoms with Gasteiger partial charge in [-0.15, -0.1) is 0 Å².